The van der Waals surface area contributed by atoms with Gasteiger partial charge in [0.15, 0.2) is 5.75 Å². The molecule has 0 amide bonds. The maximum Gasteiger partial charge on any atom is 0.220 e. The molecule has 10 heavy (non-hydrogen) atoms. The van der Waals surface area contributed by atoms with Crippen LogP contribution in [0.5, 0.6) is 5.75 Å². The molecular weight excluding hydrogens is 128 g/mol. The Morgan fingerprint density at radius 3 is 2.40 bits per heavy atom. The Balaban J connectivity index is 0.000000810. The van der Waals surface area contributed by atoms with Gasteiger partial charge in [0, 0.05) is 0 Å². The normalized spacial score (nSPS) is 8.00. The van der Waals surface area contributed by atoms with E-state index in [0.29, 0.717) is 0 Å². The van der Waals surface area contributed by atoms with Gasteiger partial charge < -0.3 is 5.11 Å². The standard InChI is InChI=1S/C7H6O2.CH4/c8-6-4-2-1-3-5-7(6)9;/h1-5H,(H,8,9);1H4. The third-order valence-electron chi connectivity index (χ3n) is 0.976. The topological polar surface area (TPSA) is 37.3 Å². The Morgan fingerprint density at radius 1 is 1.10 bits per heavy atom. The predicted octanol–water partition coefficient (Wildman–Crippen LogP) is 1.39. The Labute approximate surface area is 59.8 Å². The van der Waals surface area contributed by atoms with Crippen molar-refractivity contribution in [2.45, 2.75) is 7.43 Å². The van der Waals surface area contributed by atoms with Crippen molar-refractivity contribution >= 4 is 0 Å². The van der Waals surface area contributed by atoms with Crippen LogP contribution in [0, 0.1) is 0 Å². The fourth-order valence-corrected chi connectivity index (χ4v) is 0.521. The van der Waals surface area contributed by atoms with E-state index in [1.807, 2.05) is 0 Å². The third-order valence-corrected chi connectivity index (χ3v) is 0.976. The van der Waals surface area contributed by atoms with Crippen LogP contribution in [-0.4, -0.2) is 5.11 Å². The molecule has 2 heteroatoms. The minimum absolute atomic E-state index is 0. The van der Waals surface area contributed by atoms with Crippen LogP contribution in [0.25, 0.3) is 0 Å². The van der Waals surface area contributed by atoms with Crippen molar-refractivity contribution in [3.05, 3.63) is 40.6 Å². The van der Waals surface area contributed by atoms with Crippen molar-refractivity contribution in [1.29, 1.82) is 0 Å². The fraction of sp³-hybridized carbons (Fsp3) is 0.125. The van der Waals surface area contributed by atoms with Gasteiger partial charge in [-0.25, -0.2) is 0 Å². The summed E-state index contributed by atoms with van der Waals surface area (Å²) in [6.07, 6.45) is 0. The van der Waals surface area contributed by atoms with Crippen LogP contribution < -0.4 is 5.43 Å². The lowest BCUT2D eigenvalue weighted by molar-refractivity contribution is 0.471. The summed E-state index contributed by atoms with van der Waals surface area (Å²) in [5, 5.41) is 8.77. The highest BCUT2D eigenvalue weighted by molar-refractivity contribution is 5.17. The molecule has 1 N–H and O–H groups in total. The summed E-state index contributed by atoms with van der Waals surface area (Å²) in [4.78, 5) is 10.6. The maximum atomic E-state index is 10.6. The lowest BCUT2D eigenvalue weighted by atomic mass is 10.5. The van der Waals surface area contributed by atoms with Gasteiger partial charge >= 0.3 is 0 Å². The van der Waals surface area contributed by atoms with E-state index in [1.54, 1.807) is 18.2 Å². The van der Waals surface area contributed by atoms with E-state index in [9.17, 15) is 4.79 Å². The van der Waals surface area contributed by atoms with Crippen LogP contribution in [0.2, 0.25) is 0 Å². The Hall–Kier alpha value is -1.31. The molecule has 54 valence electrons. The largest absolute Gasteiger partial charge is 0.504 e. The van der Waals surface area contributed by atoms with Gasteiger partial charge in [0.05, 0.1) is 0 Å². The highest BCUT2D eigenvalue weighted by Crippen LogP contribution is 1.93. The fourth-order valence-electron chi connectivity index (χ4n) is 0.521. The molecule has 1 rings (SSSR count). The smallest absolute Gasteiger partial charge is 0.220 e. The van der Waals surface area contributed by atoms with Crippen molar-refractivity contribution in [3.8, 4) is 5.75 Å². The molecule has 0 saturated carbocycles. The summed E-state index contributed by atoms with van der Waals surface area (Å²) in [5.74, 6) is -0.208. The van der Waals surface area contributed by atoms with E-state index in [4.69, 9.17) is 5.11 Å². The first kappa shape index (κ1) is 8.69. The second-order valence-corrected chi connectivity index (χ2v) is 1.66. The summed E-state index contributed by atoms with van der Waals surface area (Å²) in [6, 6.07) is 7.55. The average molecular weight is 138 g/mol. The molecule has 0 atom stereocenters. The molecule has 0 saturated heterocycles. The summed E-state index contributed by atoms with van der Waals surface area (Å²) < 4.78 is 0. The van der Waals surface area contributed by atoms with Gasteiger partial charge in [-0.3, -0.25) is 4.79 Å². The lowest BCUT2D eigenvalue weighted by Crippen LogP contribution is -1.90. The van der Waals surface area contributed by atoms with E-state index in [0.717, 1.165) is 0 Å². The molecule has 0 aliphatic rings. The quantitative estimate of drug-likeness (QED) is 0.588. The summed E-state index contributed by atoms with van der Waals surface area (Å²) in [6.45, 7) is 0. The second-order valence-electron chi connectivity index (χ2n) is 1.66. The molecule has 0 aliphatic heterocycles. The second kappa shape index (κ2) is 3.67. The summed E-state index contributed by atoms with van der Waals surface area (Å²) in [5.41, 5.74) is -0.347. The molecule has 2 nitrogen and oxygen atoms in total. The minimum atomic E-state index is -0.347. The van der Waals surface area contributed by atoms with Gasteiger partial charge in [-0.05, 0) is 12.1 Å². The van der Waals surface area contributed by atoms with E-state index in [1.165, 1.54) is 12.1 Å². The number of rotatable bonds is 0. The molecule has 0 fully saturated rings. The van der Waals surface area contributed by atoms with Gasteiger partial charge in [0.1, 0.15) is 0 Å². The van der Waals surface area contributed by atoms with Crippen molar-refractivity contribution < 1.29 is 5.11 Å². The molecular formula is C8H10O2. The first-order valence-corrected chi connectivity index (χ1v) is 2.59. The molecule has 0 aliphatic carbocycles. The van der Waals surface area contributed by atoms with Crippen molar-refractivity contribution in [1.82, 2.24) is 0 Å². The van der Waals surface area contributed by atoms with Crippen LogP contribution in [0.3, 0.4) is 0 Å². The van der Waals surface area contributed by atoms with Crippen LogP contribution in [0.15, 0.2) is 35.1 Å². The number of hydrogen-bond donors (Lipinski definition) is 1. The highest BCUT2D eigenvalue weighted by Gasteiger charge is 1.85. The molecule has 0 bridgehead atoms. The molecule has 0 heterocycles. The van der Waals surface area contributed by atoms with Gasteiger partial charge in [-0.2, -0.15) is 0 Å². The van der Waals surface area contributed by atoms with Crippen LogP contribution in [-0.2, 0) is 0 Å². The van der Waals surface area contributed by atoms with E-state index in [2.05, 4.69) is 0 Å². The molecule has 0 unspecified atom stereocenters. The predicted molar refractivity (Wildman–Crippen MR) is 41.1 cm³/mol. The number of aromatic hydroxyl groups is 1. The zero-order chi connectivity index (χ0) is 6.69. The van der Waals surface area contributed by atoms with Gasteiger partial charge in [0.25, 0.3) is 0 Å². The van der Waals surface area contributed by atoms with Crippen LogP contribution >= 0.6 is 0 Å². The van der Waals surface area contributed by atoms with Crippen molar-refractivity contribution in [2.24, 2.45) is 0 Å². The Morgan fingerprint density at radius 2 is 1.70 bits per heavy atom. The van der Waals surface area contributed by atoms with Gasteiger partial charge in [-0.15, -0.1) is 0 Å². The summed E-state index contributed by atoms with van der Waals surface area (Å²) >= 11 is 0. The maximum absolute atomic E-state index is 10.6. The number of hydrogen-bond acceptors (Lipinski definition) is 2. The van der Waals surface area contributed by atoms with E-state index in [-0.39, 0.29) is 18.6 Å². The third kappa shape index (κ3) is 1.90. The molecule has 1 aromatic carbocycles. The zero-order valence-electron chi connectivity index (χ0n) is 4.74. The zero-order valence-corrected chi connectivity index (χ0v) is 4.74. The molecule has 0 radical (unpaired) electrons. The molecule has 0 spiro atoms. The van der Waals surface area contributed by atoms with Crippen LogP contribution in [0.1, 0.15) is 7.43 Å². The van der Waals surface area contributed by atoms with Crippen molar-refractivity contribution in [2.75, 3.05) is 0 Å². The van der Waals surface area contributed by atoms with E-state index < -0.39 is 0 Å². The minimum Gasteiger partial charge on any atom is -0.504 e. The summed E-state index contributed by atoms with van der Waals surface area (Å²) in [7, 11) is 0. The van der Waals surface area contributed by atoms with Crippen LogP contribution in [0.4, 0.5) is 0 Å². The highest BCUT2D eigenvalue weighted by atomic mass is 16.3. The van der Waals surface area contributed by atoms with Gasteiger partial charge in [0.2, 0.25) is 5.43 Å². The lowest BCUT2D eigenvalue weighted by Gasteiger charge is -1.74. The SMILES string of the molecule is C.O=c1cccccc1O. The van der Waals surface area contributed by atoms with Crippen molar-refractivity contribution in [3.63, 3.8) is 0 Å². The first-order valence-electron chi connectivity index (χ1n) is 2.59. The van der Waals surface area contributed by atoms with Gasteiger partial charge in [-0.1, -0.05) is 25.6 Å². The Bertz CT molecular complexity index is 255. The Kier molecular flexibility index (Phi) is 3.19. The molecule has 0 aromatic heterocycles. The monoisotopic (exact) mass is 138 g/mol. The first-order chi connectivity index (χ1) is 4.30. The molecule has 1 aromatic rings. The van der Waals surface area contributed by atoms with E-state index >= 15 is 0 Å². The average Bonchev–Trinajstić information content (AvgIpc) is 1.99.